The summed E-state index contributed by atoms with van der Waals surface area (Å²) in [7, 11) is 1.63. The van der Waals surface area contributed by atoms with Crippen LogP contribution in [0.1, 0.15) is 12.5 Å². The molecule has 1 aromatic rings. The molecule has 0 aliphatic heterocycles. The van der Waals surface area contributed by atoms with E-state index in [4.69, 9.17) is 9.84 Å². The van der Waals surface area contributed by atoms with Gasteiger partial charge in [-0.2, -0.15) is 0 Å². The number of rotatable bonds is 9. The summed E-state index contributed by atoms with van der Waals surface area (Å²) in [6, 6.07) is 7.87. The van der Waals surface area contributed by atoms with Crippen LogP contribution in [0.3, 0.4) is 0 Å². The summed E-state index contributed by atoms with van der Waals surface area (Å²) in [6.45, 7) is 6.57. The zero-order valence-corrected chi connectivity index (χ0v) is 13.2. The maximum atomic E-state index is 12.5. The zero-order chi connectivity index (χ0) is 15.7. The predicted molar refractivity (Wildman–Crippen MR) is 84.6 cm³/mol. The number of anilines is 1. The quantitative estimate of drug-likeness (QED) is 0.745. The Labute approximate surface area is 127 Å². The summed E-state index contributed by atoms with van der Waals surface area (Å²) in [4.78, 5) is 16.2. The molecule has 0 bridgehead atoms. The molecule has 1 N–H and O–H groups in total. The Morgan fingerprint density at radius 3 is 2.57 bits per heavy atom. The molecule has 1 amide bonds. The van der Waals surface area contributed by atoms with E-state index in [0.717, 1.165) is 11.3 Å². The maximum absolute atomic E-state index is 12.5. The molecule has 0 radical (unpaired) electrons. The molecule has 0 atom stereocenters. The van der Waals surface area contributed by atoms with E-state index in [1.165, 1.54) is 0 Å². The number of para-hydroxylation sites is 1. The number of likely N-dealkylation sites (N-methyl/N-ethyl adjacent to an activating group) is 1. The van der Waals surface area contributed by atoms with Gasteiger partial charge in [-0.05, 0) is 25.5 Å². The number of amides is 1. The fourth-order valence-electron chi connectivity index (χ4n) is 2.26. The molecule has 118 valence electrons. The van der Waals surface area contributed by atoms with E-state index >= 15 is 0 Å². The van der Waals surface area contributed by atoms with E-state index in [0.29, 0.717) is 26.2 Å². The van der Waals surface area contributed by atoms with Gasteiger partial charge in [0, 0.05) is 32.4 Å². The summed E-state index contributed by atoms with van der Waals surface area (Å²) in [5, 5.41) is 9.10. The molecule has 0 fully saturated rings. The molecule has 0 aliphatic carbocycles. The zero-order valence-electron chi connectivity index (χ0n) is 13.2. The monoisotopic (exact) mass is 294 g/mol. The molecule has 1 rings (SSSR count). The highest BCUT2D eigenvalue weighted by Crippen LogP contribution is 2.19. The summed E-state index contributed by atoms with van der Waals surface area (Å²) < 4.78 is 5.04. The summed E-state index contributed by atoms with van der Waals surface area (Å²) in [6.07, 6.45) is 0. The van der Waals surface area contributed by atoms with Gasteiger partial charge in [0.25, 0.3) is 0 Å². The lowest BCUT2D eigenvalue weighted by Crippen LogP contribution is -2.42. The number of hydrogen-bond acceptors (Lipinski definition) is 4. The molecule has 1 aromatic carbocycles. The molecule has 0 heterocycles. The van der Waals surface area contributed by atoms with Crippen LogP contribution in [0.4, 0.5) is 5.69 Å². The third kappa shape index (κ3) is 5.46. The van der Waals surface area contributed by atoms with Gasteiger partial charge in [0.05, 0.1) is 19.8 Å². The third-order valence-electron chi connectivity index (χ3n) is 3.41. The fourth-order valence-corrected chi connectivity index (χ4v) is 2.26. The van der Waals surface area contributed by atoms with Crippen molar-refractivity contribution in [3.63, 3.8) is 0 Å². The minimum absolute atomic E-state index is 0.0352. The van der Waals surface area contributed by atoms with E-state index in [-0.39, 0.29) is 19.1 Å². The molecule has 0 saturated carbocycles. The molecule has 0 saturated heterocycles. The van der Waals surface area contributed by atoms with Crippen LogP contribution in [0.25, 0.3) is 0 Å². The number of nitrogens with zero attached hydrogens (tertiary/aromatic N) is 2. The van der Waals surface area contributed by atoms with Crippen LogP contribution in [0.5, 0.6) is 0 Å². The average Bonchev–Trinajstić information content (AvgIpc) is 2.47. The number of ether oxygens (including phenoxy) is 1. The SMILES string of the molecule is CCN(C(=O)CN(CCO)CCOC)c1ccccc1C. The lowest BCUT2D eigenvalue weighted by molar-refractivity contribution is -0.120. The van der Waals surface area contributed by atoms with Crippen LogP contribution >= 0.6 is 0 Å². The molecule has 0 spiro atoms. The summed E-state index contributed by atoms with van der Waals surface area (Å²) in [5.74, 6) is 0.0383. The average molecular weight is 294 g/mol. The second kappa shape index (κ2) is 9.50. The van der Waals surface area contributed by atoms with Crippen molar-refractivity contribution in [1.82, 2.24) is 4.90 Å². The third-order valence-corrected chi connectivity index (χ3v) is 3.41. The first-order valence-electron chi connectivity index (χ1n) is 7.32. The number of carbonyl (C=O) groups is 1. The van der Waals surface area contributed by atoms with Gasteiger partial charge >= 0.3 is 0 Å². The normalized spacial score (nSPS) is 10.9. The van der Waals surface area contributed by atoms with Gasteiger partial charge in [0.2, 0.25) is 5.91 Å². The van der Waals surface area contributed by atoms with Crippen LogP contribution in [0.15, 0.2) is 24.3 Å². The van der Waals surface area contributed by atoms with E-state index in [2.05, 4.69) is 0 Å². The summed E-state index contributed by atoms with van der Waals surface area (Å²) >= 11 is 0. The highest BCUT2D eigenvalue weighted by molar-refractivity contribution is 5.95. The number of aliphatic hydroxyl groups is 1. The first-order valence-corrected chi connectivity index (χ1v) is 7.32. The molecule has 5 nitrogen and oxygen atoms in total. The Kier molecular flexibility index (Phi) is 7.97. The smallest absolute Gasteiger partial charge is 0.241 e. The number of aliphatic hydroxyl groups excluding tert-OH is 1. The molecular weight excluding hydrogens is 268 g/mol. The van der Waals surface area contributed by atoms with Crippen molar-refractivity contribution in [2.45, 2.75) is 13.8 Å². The Hall–Kier alpha value is -1.43. The van der Waals surface area contributed by atoms with Crippen molar-refractivity contribution in [2.75, 3.05) is 51.4 Å². The van der Waals surface area contributed by atoms with Crippen molar-refractivity contribution < 1.29 is 14.6 Å². The number of methoxy groups -OCH3 is 1. The number of benzene rings is 1. The first-order chi connectivity index (χ1) is 10.1. The minimum Gasteiger partial charge on any atom is -0.395 e. The second-order valence-electron chi connectivity index (χ2n) is 4.92. The number of hydrogen-bond donors (Lipinski definition) is 1. The van der Waals surface area contributed by atoms with Crippen LogP contribution in [0, 0.1) is 6.92 Å². The molecule has 0 aromatic heterocycles. The molecular formula is C16H26N2O3. The Bertz CT molecular complexity index is 437. The largest absolute Gasteiger partial charge is 0.395 e. The van der Waals surface area contributed by atoms with Crippen LogP contribution in [-0.4, -0.2) is 62.4 Å². The molecule has 21 heavy (non-hydrogen) atoms. The minimum atomic E-state index is 0.0352. The predicted octanol–water partition coefficient (Wildman–Crippen LogP) is 1.29. The van der Waals surface area contributed by atoms with Gasteiger partial charge in [-0.1, -0.05) is 18.2 Å². The van der Waals surface area contributed by atoms with Gasteiger partial charge in [-0.3, -0.25) is 9.69 Å². The van der Waals surface area contributed by atoms with Crippen molar-refractivity contribution in [3.8, 4) is 0 Å². The molecule has 0 aliphatic rings. The van der Waals surface area contributed by atoms with Crippen molar-refractivity contribution in [3.05, 3.63) is 29.8 Å². The lowest BCUT2D eigenvalue weighted by Gasteiger charge is -2.27. The van der Waals surface area contributed by atoms with Crippen LogP contribution in [-0.2, 0) is 9.53 Å². The van der Waals surface area contributed by atoms with Crippen molar-refractivity contribution in [1.29, 1.82) is 0 Å². The van der Waals surface area contributed by atoms with E-state index in [9.17, 15) is 4.79 Å². The Morgan fingerprint density at radius 2 is 2.00 bits per heavy atom. The second-order valence-corrected chi connectivity index (χ2v) is 4.92. The first kappa shape index (κ1) is 17.6. The fraction of sp³-hybridized carbons (Fsp3) is 0.562. The molecule has 0 unspecified atom stereocenters. The van der Waals surface area contributed by atoms with Crippen LogP contribution in [0.2, 0.25) is 0 Å². The highest BCUT2D eigenvalue weighted by Gasteiger charge is 2.18. The van der Waals surface area contributed by atoms with Gasteiger partial charge in [-0.25, -0.2) is 0 Å². The maximum Gasteiger partial charge on any atom is 0.241 e. The lowest BCUT2D eigenvalue weighted by atomic mass is 10.2. The van der Waals surface area contributed by atoms with Crippen molar-refractivity contribution >= 4 is 11.6 Å². The Balaban J connectivity index is 2.76. The van der Waals surface area contributed by atoms with Crippen molar-refractivity contribution in [2.24, 2.45) is 0 Å². The molecule has 5 heteroatoms. The van der Waals surface area contributed by atoms with Gasteiger partial charge < -0.3 is 14.7 Å². The Morgan fingerprint density at radius 1 is 1.29 bits per heavy atom. The van der Waals surface area contributed by atoms with E-state index in [1.807, 2.05) is 43.0 Å². The van der Waals surface area contributed by atoms with Crippen LogP contribution < -0.4 is 4.90 Å². The summed E-state index contributed by atoms with van der Waals surface area (Å²) in [5.41, 5.74) is 2.03. The van der Waals surface area contributed by atoms with Gasteiger partial charge in [-0.15, -0.1) is 0 Å². The van der Waals surface area contributed by atoms with Gasteiger partial charge in [0.15, 0.2) is 0 Å². The van der Waals surface area contributed by atoms with E-state index in [1.54, 1.807) is 12.0 Å². The standard InChI is InChI=1S/C16H26N2O3/c1-4-18(15-8-6-5-7-14(15)2)16(20)13-17(9-11-19)10-12-21-3/h5-8,19H,4,9-13H2,1-3H3. The highest BCUT2D eigenvalue weighted by atomic mass is 16.5. The topological polar surface area (TPSA) is 53.0 Å². The van der Waals surface area contributed by atoms with E-state index < -0.39 is 0 Å². The number of carbonyl (C=O) groups excluding carboxylic acids is 1. The number of aryl methyl sites for hydroxylation is 1. The van der Waals surface area contributed by atoms with Gasteiger partial charge in [0.1, 0.15) is 0 Å².